The number of hydrogen-bond acceptors (Lipinski definition) is 7. The summed E-state index contributed by atoms with van der Waals surface area (Å²) in [5, 5.41) is 39.1. The number of aliphatic hydroxyl groups is 3. The van der Waals surface area contributed by atoms with Crippen molar-refractivity contribution in [2.75, 3.05) is 6.61 Å². The van der Waals surface area contributed by atoms with E-state index < -0.39 is 29.5 Å². The Kier molecular flexibility index (Phi) is 3.96. The predicted octanol–water partition coefficient (Wildman–Crippen LogP) is -0.587. The van der Waals surface area contributed by atoms with Crippen LogP contribution in [-0.4, -0.2) is 51.5 Å². The Balaban J connectivity index is 2.08. The lowest BCUT2D eigenvalue weighted by molar-refractivity contribution is -0.384. The molecule has 1 saturated heterocycles. The van der Waals surface area contributed by atoms with Gasteiger partial charge in [0.15, 0.2) is 12.4 Å². The fourth-order valence-corrected chi connectivity index (χ4v) is 1.71. The first kappa shape index (κ1) is 13.7. The van der Waals surface area contributed by atoms with E-state index in [4.69, 9.17) is 9.47 Å². The molecule has 0 spiro atoms. The Bertz CT molecular complexity index is 449. The Morgan fingerprint density at radius 1 is 1.26 bits per heavy atom. The molecule has 8 nitrogen and oxygen atoms in total. The second-order valence-electron chi connectivity index (χ2n) is 4.12. The fraction of sp³-hybridized carbons (Fsp3) is 0.455. The molecular weight excluding hydrogens is 258 g/mol. The molecule has 1 fully saturated rings. The summed E-state index contributed by atoms with van der Waals surface area (Å²) < 4.78 is 10.1. The minimum absolute atomic E-state index is 0.103. The van der Waals surface area contributed by atoms with Crippen LogP contribution in [0.3, 0.4) is 0 Å². The van der Waals surface area contributed by atoms with Crippen molar-refractivity contribution in [2.45, 2.75) is 24.6 Å². The van der Waals surface area contributed by atoms with Gasteiger partial charge in [0.2, 0.25) is 0 Å². The van der Waals surface area contributed by atoms with Crippen molar-refractivity contribution in [1.82, 2.24) is 0 Å². The molecule has 19 heavy (non-hydrogen) atoms. The van der Waals surface area contributed by atoms with Gasteiger partial charge in [-0.25, -0.2) is 0 Å². The normalized spacial score (nSPS) is 30.9. The van der Waals surface area contributed by atoms with E-state index in [1.807, 2.05) is 0 Å². The average molecular weight is 271 g/mol. The van der Waals surface area contributed by atoms with E-state index >= 15 is 0 Å². The average Bonchev–Trinajstić information content (AvgIpc) is 2.40. The summed E-state index contributed by atoms with van der Waals surface area (Å²) in [7, 11) is 0. The van der Waals surface area contributed by atoms with Crippen LogP contribution in [-0.2, 0) is 4.74 Å². The molecule has 3 N–H and O–H groups in total. The highest BCUT2D eigenvalue weighted by atomic mass is 16.6. The van der Waals surface area contributed by atoms with Crippen LogP contribution in [0.25, 0.3) is 0 Å². The monoisotopic (exact) mass is 271 g/mol. The third-order valence-corrected chi connectivity index (χ3v) is 2.77. The molecule has 0 saturated carbocycles. The van der Waals surface area contributed by atoms with Crippen molar-refractivity contribution in [3.63, 3.8) is 0 Å². The maximum atomic E-state index is 10.5. The van der Waals surface area contributed by atoms with Crippen LogP contribution in [0.2, 0.25) is 0 Å². The SMILES string of the molecule is O=[N+]([O-])c1ccc(O[C@@H]2[C@@H](O)[C@@H](O)CO[C@@H]2O)cc1. The molecule has 1 aromatic rings. The number of hydrogen-bond donors (Lipinski definition) is 3. The number of nitro benzene ring substituents is 1. The minimum atomic E-state index is -1.38. The van der Waals surface area contributed by atoms with Crippen LogP contribution in [0.1, 0.15) is 0 Å². The molecule has 1 aromatic carbocycles. The van der Waals surface area contributed by atoms with Gasteiger partial charge in [-0.2, -0.15) is 0 Å². The number of nitro groups is 1. The van der Waals surface area contributed by atoms with E-state index in [0.29, 0.717) is 0 Å². The maximum absolute atomic E-state index is 10.5. The van der Waals surface area contributed by atoms with Gasteiger partial charge in [0.1, 0.15) is 18.0 Å². The van der Waals surface area contributed by atoms with Gasteiger partial charge in [0.05, 0.1) is 11.5 Å². The summed E-state index contributed by atoms with van der Waals surface area (Å²) in [6, 6.07) is 5.12. The third kappa shape index (κ3) is 2.99. The van der Waals surface area contributed by atoms with Gasteiger partial charge in [-0.15, -0.1) is 0 Å². The molecule has 1 heterocycles. The number of nitrogens with zero attached hydrogens (tertiary/aromatic N) is 1. The molecule has 0 aliphatic carbocycles. The van der Waals surface area contributed by atoms with Crippen LogP contribution >= 0.6 is 0 Å². The van der Waals surface area contributed by atoms with Gasteiger partial charge in [0, 0.05) is 12.1 Å². The molecule has 1 aliphatic heterocycles. The lowest BCUT2D eigenvalue weighted by Gasteiger charge is -2.35. The molecule has 0 unspecified atom stereocenters. The van der Waals surface area contributed by atoms with E-state index in [1.165, 1.54) is 24.3 Å². The second-order valence-corrected chi connectivity index (χ2v) is 4.12. The second kappa shape index (κ2) is 5.49. The lowest BCUT2D eigenvalue weighted by atomic mass is 10.1. The molecule has 8 heteroatoms. The van der Waals surface area contributed by atoms with E-state index in [1.54, 1.807) is 0 Å². The Labute approximate surface area is 108 Å². The first-order valence-corrected chi connectivity index (χ1v) is 5.56. The summed E-state index contributed by atoms with van der Waals surface area (Å²) >= 11 is 0. The standard InChI is InChI=1S/C11H13NO7/c13-8-5-18-11(15)10(9(8)14)19-7-3-1-6(2-4-7)12(16)17/h1-4,8-11,13-15H,5H2/t8-,9-,10+,11-/m0/s1. The van der Waals surface area contributed by atoms with Gasteiger partial charge < -0.3 is 24.8 Å². The van der Waals surface area contributed by atoms with Crippen LogP contribution in [0.4, 0.5) is 5.69 Å². The van der Waals surface area contributed by atoms with Crippen molar-refractivity contribution in [3.05, 3.63) is 34.4 Å². The van der Waals surface area contributed by atoms with Gasteiger partial charge >= 0.3 is 0 Å². The van der Waals surface area contributed by atoms with E-state index in [2.05, 4.69) is 0 Å². The van der Waals surface area contributed by atoms with E-state index in [-0.39, 0.29) is 18.0 Å². The highest BCUT2D eigenvalue weighted by molar-refractivity contribution is 5.36. The number of ether oxygens (including phenoxy) is 2. The zero-order valence-electron chi connectivity index (χ0n) is 9.75. The number of benzene rings is 1. The summed E-state index contributed by atoms with van der Waals surface area (Å²) in [5.74, 6) is 0.214. The topological polar surface area (TPSA) is 122 Å². The van der Waals surface area contributed by atoms with Gasteiger partial charge in [-0.1, -0.05) is 0 Å². The number of non-ortho nitro benzene ring substituents is 1. The zero-order chi connectivity index (χ0) is 14.0. The van der Waals surface area contributed by atoms with E-state index in [9.17, 15) is 25.4 Å². The van der Waals surface area contributed by atoms with Crippen LogP contribution in [0.5, 0.6) is 5.75 Å². The highest BCUT2D eigenvalue weighted by Gasteiger charge is 2.39. The molecule has 1 aliphatic rings. The molecule has 0 radical (unpaired) electrons. The first-order chi connectivity index (χ1) is 8.99. The first-order valence-electron chi connectivity index (χ1n) is 5.56. The minimum Gasteiger partial charge on any atom is -0.482 e. The van der Waals surface area contributed by atoms with Crippen LogP contribution in [0.15, 0.2) is 24.3 Å². The van der Waals surface area contributed by atoms with Crippen molar-refractivity contribution in [2.24, 2.45) is 0 Å². The summed E-state index contributed by atoms with van der Waals surface area (Å²) in [5.41, 5.74) is -0.103. The molecule has 104 valence electrons. The smallest absolute Gasteiger partial charge is 0.269 e. The molecule has 4 atom stereocenters. The number of aliphatic hydroxyl groups excluding tert-OH is 3. The molecule has 2 rings (SSSR count). The molecule has 0 amide bonds. The Morgan fingerprint density at radius 3 is 2.47 bits per heavy atom. The molecule has 0 bridgehead atoms. The zero-order valence-corrected chi connectivity index (χ0v) is 9.75. The third-order valence-electron chi connectivity index (χ3n) is 2.77. The molecular formula is C11H13NO7. The quantitative estimate of drug-likeness (QED) is 0.496. The lowest BCUT2D eigenvalue weighted by Crippen LogP contribution is -2.55. The van der Waals surface area contributed by atoms with Crippen LogP contribution in [0, 0.1) is 10.1 Å². The van der Waals surface area contributed by atoms with Crippen molar-refractivity contribution in [1.29, 1.82) is 0 Å². The molecule has 0 aromatic heterocycles. The summed E-state index contributed by atoms with van der Waals surface area (Å²) in [4.78, 5) is 9.93. The Hall–Kier alpha value is -1.74. The van der Waals surface area contributed by atoms with Gasteiger partial charge in [-0.05, 0) is 12.1 Å². The van der Waals surface area contributed by atoms with Crippen molar-refractivity contribution >= 4 is 5.69 Å². The highest BCUT2D eigenvalue weighted by Crippen LogP contribution is 2.23. The Morgan fingerprint density at radius 2 is 1.89 bits per heavy atom. The van der Waals surface area contributed by atoms with E-state index in [0.717, 1.165) is 0 Å². The fourth-order valence-electron chi connectivity index (χ4n) is 1.71. The van der Waals surface area contributed by atoms with Gasteiger partial charge in [-0.3, -0.25) is 10.1 Å². The maximum Gasteiger partial charge on any atom is 0.269 e. The largest absolute Gasteiger partial charge is 0.482 e. The summed E-state index contributed by atoms with van der Waals surface area (Å²) in [6.45, 7) is -0.192. The van der Waals surface area contributed by atoms with Crippen molar-refractivity contribution < 1.29 is 29.7 Å². The van der Waals surface area contributed by atoms with Crippen molar-refractivity contribution in [3.8, 4) is 5.75 Å². The predicted molar refractivity (Wildman–Crippen MR) is 61.5 cm³/mol. The van der Waals surface area contributed by atoms with Crippen LogP contribution < -0.4 is 4.74 Å². The number of rotatable bonds is 3. The van der Waals surface area contributed by atoms with Gasteiger partial charge in [0.25, 0.3) is 5.69 Å². The summed E-state index contributed by atoms with van der Waals surface area (Å²) in [6.07, 6.45) is -5.01.